The van der Waals surface area contributed by atoms with Crippen molar-refractivity contribution in [1.29, 1.82) is 0 Å². The number of anilines is 1. The van der Waals surface area contributed by atoms with Crippen molar-refractivity contribution in [3.05, 3.63) is 65.1 Å². The minimum Gasteiger partial charge on any atom is -0.493 e. The fourth-order valence-corrected chi connectivity index (χ4v) is 15.9. The number of amides is 2. The van der Waals surface area contributed by atoms with Crippen molar-refractivity contribution in [1.82, 2.24) is 16.1 Å². The second-order valence-corrected chi connectivity index (χ2v) is 27.3. The standard InChI is InChI=1S/C60H80N4O22S4/c1-28(2)61-36-27-78-43(25-39(36)74-8)84-52-50(67)47(64-86-45-24-37(65)53(87-12)31(5)80-45)29(3)81-57(52)83-38-16-20-59(90-88-13)18-14-15-19-60(72)34(17-21-89-59)46(38)48(63-58(71)77-11)51(68)54(60)85-44-26-42(49(66)30(4)79-44)82-56(70)33-22-40(75-9)41(76-10)23-35(33)62-55(69)32(6)73-7/h14,17-18,22-23,28-31,36-39,42-45,47,49-50,52-54,57,61,64-67,72H,6,21,24-27H2,1-5,7-13H3,(H,62,69)(H,63,71)/b18-14-,34-17+/t29-,30+,31-,36+,37+,38+,39+,42+,43+,44+,45+,47-,49+,50+,52-,53-,54-,57+,59?,60-/m1/s1. The molecule has 0 saturated carbocycles. The number of esters is 1. The molecule has 6 heterocycles. The van der Waals surface area contributed by atoms with E-state index >= 15 is 4.79 Å². The van der Waals surface area contributed by atoms with E-state index < -0.39 is 138 Å². The molecule has 26 nitrogen and oxygen atoms in total. The van der Waals surface area contributed by atoms with Gasteiger partial charge >= 0.3 is 12.1 Å². The number of rotatable bonds is 23. The van der Waals surface area contributed by atoms with Gasteiger partial charge in [0.25, 0.3) is 5.91 Å². The zero-order chi connectivity index (χ0) is 65.4. The monoisotopic (exact) mass is 1340 g/mol. The summed E-state index contributed by atoms with van der Waals surface area (Å²) in [5, 5.41) is 57.0. The van der Waals surface area contributed by atoms with Gasteiger partial charge in [-0.15, -0.1) is 11.8 Å². The minimum absolute atomic E-state index is 0.0860. The summed E-state index contributed by atoms with van der Waals surface area (Å²) >= 11 is 2.83. The number of nitrogens with one attached hydrogen (secondary N) is 4. The van der Waals surface area contributed by atoms with Crippen LogP contribution in [0.2, 0.25) is 0 Å². The number of ether oxygens (including phenoxy) is 13. The molecule has 1 aromatic rings. The third-order valence-electron chi connectivity index (χ3n) is 15.9. The number of hydrogen-bond acceptors (Lipinski definition) is 28. The van der Waals surface area contributed by atoms with Crippen LogP contribution in [0.15, 0.2) is 59.5 Å². The van der Waals surface area contributed by atoms with Gasteiger partial charge in [-0.3, -0.25) is 19.7 Å². The first kappa shape index (κ1) is 71.2. The van der Waals surface area contributed by atoms with E-state index in [0.29, 0.717) is 0 Å². The van der Waals surface area contributed by atoms with Crippen molar-refractivity contribution >= 4 is 74.6 Å². The molecule has 2 amide bonds. The number of thioether (sulfide) groups is 2. The number of carbonyl (C=O) groups is 4. The number of aliphatic hydroxyl groups is 4. The number of hydrogen-bond donors (Lipinski definition) is 8. The van der Waals surface area contributed by atoms with Crippen LogP contribution in [-0.4, -0.2) is 230 Å². The molecule has 7 aliphatic rings. The molecule has 0 spiro atoms. The van der Waals surface area contributed by atoms with Crippen LogP contribution in [0.5, 0.6) is 11.5 Å². The summed E-state index contributed by atoms with van der Waals surface area (Å²) in [5.74, 6) is 9.42. The van der Waals surface area contributed by atoms with Gasteiger partial charge in [-0.25, -0.2) is 9.59 Å². The predicted molar refractivity (Wildman–Crippen MR) is 333 cm³/mol. The quantitative estimate of drug-likeness (QED) is 0.0195. The number of ketones is 1. The first-order valence-corrected chi connectivity index (χ1v) is 33.8. The zero-order valence-electron chi connectivity index (χ0n) is 51.9. The van der Waals surface area contributed by atoms with E-state index in [1.807, 2.05) is 33.3 Å². The summed E-state index contributed by atoms with van der Waals surface area (Å²) < 4.78 is 77.2. The lowest BCUT2D eigenvalue weighted by atomic mass is 9.73. The highest BCUT2D eigenvalue weighted by atomic mass is 33.1. The van der Waals surface area contributed by atoms with E-state index in [4.69, 9.17) is 66.4 Å². The summed E-state index contributed by atoms with van der Waals surface area (Å²) in [7, 11) is 9.38. The molecule has 4 saturated heterocycles. The van der Waals surface area contributed by atoms with Crippen LogP contribution in [0, 0.1) is 23.7 Å². The van der Waals surface area contributed by atoms with Crippen molar-refractivity contribution in [2.75, 3.05) is 65.7 Å². The first-order chi connectivity index (χ1) is 42.9. The fourth-order valence-electron chi connectivity index (χ4n) is 11.3. The molecule has 1 aromatic carbocycles. The number of hydroxylamine groups is 1. The van der Waals surface area contributed by atoms with Gasteiger partial charge in [0, 0.05) is 61.4 Å². The number of alkyl carbamates (subject to hydrolysis) is 1. The molecule has 1 aliphatic carbocycles. The molecule has 20 atom stereocenters. The van der Waals surface area contributed by atoms with Crippen molar-refractivity contribution in [2.24, 2.45) is 0 Å². The lowest BCUT2D eigenvalue weighted by Crippen LogP contribution is -2.65. The van der Waals surface area contributed by atoms with Gasteiger partial charge in [-0.05, 0) is 45.4 Å². The van der Waals surface area contributed by atoms with Gasteiger partial charge in [0.15, 0.2) is 58.2 Å². The Hall–Kier alpha value is -4.62. The van der Waals surface area contributed by atoms with Gasteiger partial charge in [0.1, 0.15) is 30.5 Å². The smallest absolute Gasteiger partial charge is 0.411 e. The summed E-state index contributed by atoms with van der Waals surface area (Å²) in [6.45, 7) is 12.7. The fraction of sp³-hybridized carbons (Fsp3) is 0.633. The molecule has 0 radical (unpaired) electrons. The number of carbonyl (C=O) groups excluding carboxylic acids is 4. The highest BCUT2D eigenvalue weighted by Crippen LogP contribution is 2.48. The van der Waals surface area contributed by atoms with E-state index in [0.717, 1.165) is 7.11 Å². The number of fused-ring (bicyclic) bond motifs is 3. The normalized spacial score (nSPS) is 36.6. The molecule has 496 valence electrons. The Kier molecular flexibility index (Phi) is 25.0. The Morgan fingerprint density at radius 2 is 1.58 bits per heavy atom. The van der Waals surface area contributed by atoms with Gasteiger partial charge in [-0.2, -0.15) is 17.2 Å². The number of aliphatic hydroxyl groups excluding tert-OH is 3. The van der Waals surface area contributed by atoms with Crippen LogP contribution in [0.25, 0.3) is 0 Å². The van der Waals surface area contributed by atoms with Crippen LogP contribution in [0.4, 0.5) is 10.5 Å². The maximum absolute atomic E-state index is 15.7. The van der Waals surface area contributed by atoms with Crippen molar-refractivity contribution in [3.63, 3.8) is 0 Å². The molecule has 30 heteroatoms. The Morgan fingerprint density at radius 1 is 0.856 bits per heavy atom. The Labute approximate surface area is 539 Å². The second-order valence-electron chi connectivity index (χ2n) is 22.1. The van der Waals surface area contributed by atoms with Gasteiger partial charge in [0.2, 0.25) is 5.78 Å². The van der Waals surface area contributed by atoms with Crippen LogP contribution < -0.4 is 30.9 Å². The molecule has 1 unspecified atom stereocenters. The van der Waals surface area contributed by atoms with Crippen molar-refractivity contribution in [2.45, 2.75) is 179 Å². The average molecular weight is 1340 g/mol. The summed E-state index contributed by atoms with van der Waals surface area (Å²) in [5.41, 5.74) is -0.864. The summed E-state index contributed by atoms with van der Waals surface area (Å²) in [4.78, 5) is 62.7. The number of methoxy groups -OCH3 is 5. The van der Waals surface area contributed by atoms with E-state index in [-0.39, 0.29) is 88.3 Å². The van der Waals surface area contributed by atoms with Crippen LogP contribution in [-0.2, 0) is 66.5 Å². The van der Waals surface area contributed by atoms with Crippen molar-refractivity contribution < 1.29 is 106 Å². The molecular formula is C60H80N4O22S4. The lowest BCUT2D eigenvalue weighted by Gasteiger charge is -2.47. The second kappa shape index (κ2) is 31.5. The Balaban J connectivity index is 1.17. The van der Waals surface area contributed by atoms with Crippen LogP contribution in [0.3, 0.4) is 0 Å². The van der Waals surface area contributed by atoms with E-state index in [2.05, 4.69) is 51.7 Å². The molecule has 8 N–H and O–H groups in total. The van der Waals surface area contributed by atoms with E-state index in [1.54, 1.807) is 26.2 Å². The molecule has 90 heavy (non-hydrogen) atoms. The molecule has 4 fully saturated rings. The molecule has 6 aliphatic heterocycles. The minimum atomic E-state index is -2.65. The largest absolute Gasteiger partial charge is 0.493 e. The topological polar surface area (TPSA) is 327 Å². The first-order valence-electron chi connectivity index (χ1n) is 28.9. The van der Waals surface area contributed by atoms with E-state index in [1.165, 1.54) is 91.6 Å². The summed E-state index contributed by atoms with van der Waals surface area (Å²) in [6, 6.07) is 1.39. The van der Waals surface area contributed by atoms with Gasteiger partial charge < -0.3 is 92.6 Å². The number of Topliss-reactive ketones (excluding diaryl/α,β-unsaturated/α-hetero) is 1. The van der Waals surface area contributed by atoms with Crippen molar-refractivity contribution in [3.8, 4) is 35.2 Å². The van der Waals surface area contributed by atoms with Gasteiger partial charge in [0.05, 0.1) is 99.8 Å². The highest BCUT2D eigenvalue weighted by Gasteiger charge is 2.57. The third kappa shape index (κ3) is 16.1. The predicted octanol–water partition coefficient (Wildman–Crippen LogP) is 3.21. The van der Waals surface area contributed by atoms with Crippen LogP contribution >= 0.6 is 45.1 Å². The van der Waals surface area contributed by atoms with Crippen LogP contribution in [0.1, 0.15) is 64.2 Å². The number of benzene rings is 1. The molecular weight excluding hydrogens is 1260 g/mol. The summed E-state index contributed by atoms with van der Waals surface area (Å²) in [6.07, 6.45) is -11.1. The Bertz CT molecular complexity index is 3000. The molecule has 8 rings (SSSR count). The average Bonchev–Trinajstić information content (AvgIpc) is 1.01. The lowest BCUT2D eigenvalue weighted by molar-refractivity contribution is -0.336. The zero-order valence-corrected chi connectivity index (χ0v) is 55.1. The SMILES string of the molecule is C=C(OC)C(=O)Nc1cc(OC)c(OC)cc1C(=O)O[C@H]1C[C@H](O[C@@H]2C(=O)C(NC(=O)OC)=C3/C4=C\CSC(SSC)(C#C[C@@H]3O[C@@H]3O[C@H](C)[C@@H](NO[C@H]5C[C@H](O)[C@H](SC)[C@@H](C)O5)[C@H](O)[C@H]3O[C@H]3C[C@H](OC)[C@@H](NC(C)C)CO3)/C=C\C#C[C@@]42O)O[C@@H](C)[C@@H]1O. The Morgan fingerprint density at radius 3 is 2.24 bits per heavy atom. The van der Waals surface area contributed by atoms with Gasteiger partial charge in [-0.1, -0.05) is 71.8 Å². The highest BCUT2D eigenvalue weighted by molar-refractivity contribution is 8.78. The molecule has 2 bridgehead atoms. The maximum atomic E-state index is 15.7. The maximum Gasteiger partial charge on any atom is 0.411 e. The number of allylic oxidation sites excluding steroid dienone is 1. The van der Waals surface area contributed by atoms with E-state index in [9.17, 15) is 34.8 Å². The molecule has 0 aromatic heterocycles. The third-order valence-corrected chi connectivity index (χ3v) is 21.0.